The van der Waals surface area contributed by atoms with Crippen molar-refractivity contribution in [3.8, 4) is 0 Å². The zero-order valence-corrected chi connectivity index (χ0v) is 14.9. The van der Waals surface area contributed by atoms with Crippen molar-refractivity contribution >= 4 is 27.5 Å². The van der Waals surface area contributed by atoms with Crippen molar-refractivity contribution in [1.29, 1.82) is 0 Å². The summed E-state index contributed by atoms with van der Waals surface area (Å²) in [5.41, 5.74) is 0.958. The van der Waals surface area contributed by atoms with Crippen LogP contribution in [0.5, 0.6) is 0 Å². The number of carbonyl (C=O) groups excluding carboxylic acids is 1. The largest absolute Gasteiger partial charge is 0.387 e. The van der Waals surface area contributed by atoms with Crippen molar-refractivity contribution in [3.05, 3.63) is 74.2 Å². The van der Waals surface area contributed by atoms with Crippen LogP contribution in [0.2, 0.25) is 0 Å². The molecular weight excluding hydrogens is 388 g/mol. The highest BCUT2D eigenvalue weighted by molar-refractivity contribution is 9.10. The number of nitro benzene ring substituents is 1. The van der Waals surface area contributed by atoms with Gasteiger partial charge in [0.1, 0.15) is 0 Å². The minimum Gasteiger partial charge on any atom is -0.387 e. The SMILES string of the molecule is O=C(NC[C@@H](O)c1ccc([N+](=O)[O-])cc1)C1(c2ccc(Br)cc2)CC1. The number of benzene rings is 2. The van der Waals surface area contributed by atoms with Gasteiger partial charge in [-0.05, 0) is 48.2 Å². The molecule has 1 saturated carbocycles. The number of nitrogens with zero attached hydrogens (tertiary/aromatic N) is 1. The molecule has 2 aromatic rings. The topological polar surface area (TPSA) is 92.5 Å². The Bertz CT molecular complexity index is 786. The molecule has 6 nitrogen and oxygen atoms in total. The third-order valence-corrected chi connectivity index (χ3v) is 5.05. The van der Waals surface area contributed by atoms with Gasteiger partial charge in [0.05, 0.1) is 16.4 Å². The lowest BCUT2D eigenvalue weighted by atomic mass is 9.95. The number of hydrogen-bond donors (Lipinski definition) is 2. The predicted octanol–water partition coefficient (Wildman–Crippen LogP) is 3.24. The predicted molar refractivity (Wildman–Crippen MR) is 96.1 cm³/mol. The smallest absolute Gasteiger partial charge is 0.269 e. The number of non-ortho nitro benzene ring substituents is 1. The monoisotopic (exact) mass is 404 g/mol. The van der Waals surface area contributed by atoms with E-state index in [1.807, 2.05) is 24.3 Å². The Morgan fingerprint density at radius 1 is 1.20 bits per heavy atom. The molecule has 0 heterocycles. The molecule has 1 atom stereocenters. The standard InChI is InChI=1S/C18H17BrN2O4/c19-14-5-3-13(4-6-14)18(9-10-18)17(23)20-11-16(22)12-1-7-15(8-2-12)21(24)25/h1-8,16,22H,9-11H2,(H,20,23)/t16-/m1/s1. The summed E-state index contributed by atoms with van der Waals surface area (Å²) in [6, 6.07) is 13.4. The summed E-state index contributed by atoms with van der Waals surface area (Å²) in [5, 5.41) is 23.7. The molecule has 0 spiro atoms. The molecule has 1 amide bonds. The zero-order valence-electron chi connectivity index (χ0n) is 13.3. The molecular formula is C18H17BrN2O4. The minimum absolute atomic E-state index is 0.0350. The highest BCUT2D eigenvalue weighted by Gasteiger charge is 2.51. The summed E-state index contributed by atoms with van der Waals surface area (Å²) in [4.78, 5) is 22.7. The Hall–Kier alpha value is -2.25. The number of nitro groups is 1. The zero-order chi connectivity index (χ0) is 18.0. The van der Waals surface area contributed by atoms with Crippen LogP contribution in [-0.4, -0.2) is 22.5 Å². The molecule has 0 aliphatic heterocycles. The molecule has 1 aliphatic carbocycles. The minimum atomic E-state index is -0.912. The van der Waals surface area contributed by atoms with Crippen LogP contribution >= 0.6 is 15.9 Å². The number of aliphatic hydroxyl groups is 1. The highest BCUT2D eigenvalue weighted by atomic mass is 79.9. The van der Waals surface area contributed by atoms with Crippen LogP contribution in [0.4, 0.5) is 5.69 Å². The van der Waals surface area contributed by atoms with Crippen LogP contribution in [0, 0.1) is 10.1 Å². The summed E-state index contributed by atoms with van der Waals surface area (Å²) in [6.45, 7) is 0.0644. The number of rotatable bonds is 6. The first kappa shape index (κ1) is 17.6. The van der Waals surface area contributed by atoms with Gasteiger partial charge in [-0.2, -0.15) is 0 Å². The molecule has 3 rings (SSSR count). The molecule has 7 heteroatoms. The van der Waals surface area contributed by atoms with Crippen LogP contribution < -0.4 is 5.32 Å². The summed E-state index contributed by atoms with van der Waals surface area (Å²) >= 11 is 3.38. The van der Waals surface area contributed by atoms with Gasteiger partial charge in [0, 0.05) is 23.2 Å². The lowest BCUT2D eigenvalue weighted by Gasteiger charge is -2.18. The van der Waals surface area contributed by atoms with E-state index in [1.54, 1.807) is 0 Å². The molecule has 130 valence electrons. The first-order valence-electron chi connectivity index (χ1n) is 7.89. The number of carbonyl (C=O) groups is 1. The molecule has 0 aromatic heterocycles. The molecule has 0 bridgehead atoms. The maximum Gasteiger partial charge on any atom is 0.269 e. The van der Waals surface area contributed by atoms with Gasteiger partial charge >= 0.3 is 0 Å². The molecule has 0 unspecified atom stereocenters. The van der Waals surface area contributed by atoms with Gasteiger partial charge < -0.3 is 10.4 Å². The van der Waals surface area contributed by atoms with E-state index in [0.29, 0.717) is 5.56 Å². The fraction of sp³-hybridized carbons (Fsp3) is 0.278. The second kappa shape index (κ2) is 6.93. The summed E-state index contributed by atoms with van der Waals surface area (Å²) in [5.74, 6) is -0.101. The Morgan fingerprint density at radius 3 is 2.32 bits per heavy atom. The number of amides is 1. The lowest BCUT2D eigenvalue weighted by molar-refractivity contribution is -0.384. The van der Waals surface area contributed by atoms with Crippen molar-refractivity contribution < 1.29 is 14.8 Å². The third-order valence-electron chi connectivity index (χ3n) is 4.53. The highest BCUT2D eigenvalue weighted by Crippen LogP contribution is 2.48. The summed E-state index contributed by atoms with van der Waals surface area (Å²) in [6.07, 6.45) is 0.660. The molecule has 1 aliphatic rings. The van der Waals surface area contributed by atoms with Crippen molar-refractivity contribution in [1.82, 2.24) is 5.32 Å². The third kappa shape index (κ3) is 3.72. The molecule has 0 saturated heterocycles. The van der Waals surface area contributed by atoms with Crippen LogP contribution in [0.1, 0.15) is 30.1 Å². The van der Waals surface area contributed by atoms with Gasteiger partial charge in [-0.1, -0.05) is 28.1 Å². The molecule has 2 aromatic carbocycles. The van der Waals surface area contributed by atoms with Crippen LogP contribution in [0.25, 0.3) is 0 Å². The molecule has 0 radical (unpaired) electrons. The Balaban J connectivity index is 1.62. The van der Waals surface area contributed by atoms with Crippen molar-refractivity contribution in [2.75, 3.05) is 6.54 Å². The Morgan fingerprint density at radius 2 is 1.80 bits per heavy atom. The van der Waals surface area contributed by atoms with Gasteiger partial charge in [0.15, 0.2) is 0 Å². The fourth-order valence-electron chi connectivity index (χ4n) is 2.84. The van der Waals surface area contributed by atoms with E-state index < -0.39 is 16.4 Å². The Labute approximate surface area is 153 Å². The maximum absolute atomic E-state index is 12.6. The molecule has 25 heavy (non-hydrogen) atoms. The number of nitrogens with one attached hydrogen (secondary N) is 1. The van der Waals surface area contributed by atoms with Gasteiger partial charge in [0.2, 0.25) is 5.91 Å². The van der Waals surface area contributed by atoms with E-state index in [2.05, 4.69) is 21.2 Å². The second-order valence-corrected chi connectivity index (χ2v) is 7.08. The van der Waals surface area contributed by atoms with Gasteiger partial charge in [-0.3, -0.25) is 14.9 Å². The first-order chi connectivity index (χ1) is 11.9. The van der Waals surface area contributed by atoms with E-state index in [4.69, 9.17) is 0 Å². The second-order valence-electron chi connectivity index (χ2n) is 6.16. The van der Waals surface area contributed by atoms with E-state index in [0.717, 1.165) is 22.9 Å². The first-order valence-corrected chi connectivity index (χ1v) is 8.68. The van der Waals surface area contributed by atoms with E-state index in [9.17, 15) is 20.0 Å². The van der Waals surface area contributed by atoms with Gasteiger partial charge in [-0.25, -0.2) is 0 Å². The quantitative estimate of drug-likeness (QED) is 0.570. The summed E-state index contributed by atoms with van der Waals surface area (Å²) < 4.78 is 0.959. The molecule has 1 fully saturated rings. The fourth-order valence-corrected chi connectivity index (χ4v) is 3.10. The van der Waals surface area contributed by atoms with Crippen LogP contribution in [0.15, 0.2) is 53.0 Å². The number of halogens is 1. The van der Waals surface area contributed by atoms with E-state index in [1.165, 1.54) is 24.3 Å². The molecule has 2 N–H and O–H groups in total. The van der Waals surface area contributed by atoms with Crippen molar-refractivity contribution in [2.24, 2.45) is 0 Å². The average Bonchev–Trinajstić information content (AvgIpc) is 3.42. The van der Waals surface area contributed by atoms with Crippen LogP contribution in [-0.2, 0) is 10.2 Å². The normalized spacial score (nSPS) is 16.1. The summed E-state index contributed by atoms with van der Waals surface area (Å²) in [7, 11) is 0. The van der Waals surface area contributed by atoms with Gasteiger partial charge in [-0.15, -0.1) is 0 Å². The number of aliphatic hydroxyl groups excluding tert-OH is 1. The van der Waals surface area contributed by atoms with E-state index in [-0.39, 0.29) is 18.1 Å². The van der Waals surface area contributed by atoms with Crippen molar-refractivity contribution in [2.45, 2.75) is 24.4 Å². The van der Waals surface area contributed by atoms with Crippen molar-refractivity contribution in [3.63, 3.8) is 0 Å². The van der Waals surface area contributed by atoms with E-state index >= 15 is 0 Å². The van der Waals surface area contributed by atoms with Gasteiger partial charge in [0.25, 0.3) is 5.69 Å². The maximum atomic E-state index is 12.6. The average molecular weight is 405 g/mol. The Kier molecular flexibility index (Phi) is 4.87. The number of hydrogen-bond acceptors (Lipinski definition) is 4. The lowest BCUT2D eigenvalue weighted by Crippen LogP contribution is -2.37. The van der Waals surface area contributed by atoms with Crippen LogP contribution in [0.3, 0.4) is 0 Å².